The maximum Gasteiger partial charge on any atom is 0.0627 e. The lowest BCUT2D eigenvalue weighted by molar-refractivity contribution is 1.21. The van der Waals surface area contributed by atoms with E-state index in [0.29, 0.717) is 11.4 Å². The van der Waals surface area contributed by atoms with Crippen molar-refractivity contribution in [3.63, 3.8) is 0 Å². The molecule has 0 saturated heterocycles. The molecule has 5 nitrogen and oxygen atoms in total. The molecule has 0 aromatic heterocycles. The molecule has 142 valence electrons. The Morgan fingerprint density at radius 3 is 1.61 bits per heavy atom. The fraction of sp³-hybridized carbons (Fsp3) is 0.0435. The molecule has 0 atom stereocenters. The minimum atomic E-state index is 0.647. The van der Waals surface area contributed by atoms with Crippen LogP contribution in [0.1, 0.15) is 0 Å². The van der Waals surface area contributed by atoms with Crippen molar-refractivity contribution in [1.29, 1.82) is 0 Å². The molecule has 0 unspecified atom stereocenters. The molecular formula is C23H25N5. The average molecular weight is 371 g/mol. The molecule has 0 aliphatic rings. The van der Waals surface area contributed by atoms with E-state index in [4.69, 9.17) is 22.9 Å². The Balaban J connectivity index is 0.000000167. The van der Waals surface area contributed by atoms with Crippen LogP contribution >= 0.6 is 0 Å². The number of anilines is 6. The van der Waals surface area contributed by atoms with E-state index in [0.717, 1.165) is 33.5 Å². The van der Waals surface area contributed by atoms with Crippen LogP contribution in [0.15, 0.2) is 84.9 Å². The maximum atomic E-state index is 5.79. The Morgan fingerprint density at radius 2 is 1.07 bits per heavy atom. The summed E-state index contributed by atoms with van der Waals surface area (Å²) in [5, 5.41) is 2.15. The van der Waals surface area contributed by atoms with Crippen LogP contribution in [-0.4, -0.2) is 7.05 Å². The second-order valence-corrected chi connectivity index (χ2v) is 6.53. The van der Waals surface area contributed by atoms with Crippen LogP contribution in [0, 0.1) is 0 Å². The summed E-state index contributed by atoms with van der Waals surface area (Å²) in [5.74, 6) is 0. The molecule has 0 fully saturated rings. The molecule has 4 aromatic carbocycles. The third-order valence-electron chi connectivity index (χ3n) is 4.57. The molecule has 4 aromatic rings. The summed E-state index contributed by atoms with van der Waals surface area (Å²) in [4.78, 5) is 2.08. The smallest absolute Gasteiger partial charge is 0.0627 e. The number of nitrogens with two attached hydrogens (primary N) is 4. The van der Waals surface area contributed by atoms with Crippen LogP contribution in [0.3, 0.4) is 0 Å². The van der Waals surface area contributed by atoms with E-state index >= 15 is 0 Å². The van der Waals surface area contributed by atoms with Gasteiger partial charge in [-0.15, -0.1) is 0 Å². The maximum absolute atomic E-state index is 5.79. The highest BCUT2D eigenvalue weighted by Gasteiger charge is 2.02. The zero-order valence-electron chi connectivity index (χ0n) is 15.8. The number of hydrogen-bond donors (Lipinski definition) is 4. The third kappa shape index (κ3) is 4.27. The number of benzene rings is 4. The van der Waals surface area contributed by atoms with E-state index in [2.05, 4.69) is 4.90 Å². The van der Waals surface area contributed by atoms with Gasteiger partial charge in [-0.1, -0.05) is 30.3 Å². The summed E-state index contributed by atoms with van der Waals surface area (Å²) in [7, 11) is 2.01. The Morgan fingerprint density at radius 1 is 0.571 bits per heavy atom. The fourth-order valence-electron chi connectivity index (χ4n) is 2.86. The minimum Gasteiger partial charge on any atom is -0.399 e. The first-order valence-electron chi connectivity index (χ1n) is 8.93. The average Bonchev–Trinajstić information content (AvgIpc) is 2.72. The van der Waals surface area contributed by atoms with E-state index in [1.54, 1.807) is 0 Å². The van der Waals surface area contributed by atoms with Crippen LogP contribution in [0.2, 0.25) is 0 Å². The van der Waals surface area contributed by atoms with Gasteiger partial charge in [0.2, 0.25) is 0 Å². The summed E-state index contributed by atoms with van der Waals surface area (Å²) < 4.78 is 0. The molecule has 0 aliphatic carbocycles. The minimum absolute atomic E-state index is 0.647. The van der Waals surface area contributed by atoms with Gasteiger partial charge in [0.1, 0.15) is 0 Å². The Hall–Kier alpha value is -3.86. The van der Waals surface area contributed by atoms with Gasteiger partial charge in [-0.05, 0) is 60.0 Å². The van der Waals surface area contributed by atoms with Gasteiger partial charge in [0, 0.05) is 35.2 Å². The van der Waals surface area contributed by atoms with Gasteiger partial charge in [-0.3, -0.25) is 0 Å². The van der Waals surface area contributed by atoms with Gasteiger partial charge in [-0.25, -0.2) is 0 Å². The lowest BCUT2D eigenvalue weighted by Gasteiger charge is -2.19. The summed E-state index contributed by atoms with van der Waals surface area (Å²) in [5.41, 5.74) is 27.8. The van der Waals surface area contributed by atoms with Gasteiger partial charge in [-0.2, -0.15) is 0 Å². The molecule has 0 aliphatic heterocycles. The van der Waals surface area contributed by atoms with Crippen molar-refractivity contribution in [2.75, 3.05) is 34.9 Å². The van der Waals surface area contributed by atoms with Crippen LogP contribution < -0.4 is 27.8 Å². The van der Waals surface area contributed by atoms with Gasteiger partial charge in [0.05, 0.1) is 11.4 Å². The number of nitrogens with zero attached hydrogens (tertiary/aromatic N) is 1. The summed E-state index contributed by atoms with van der Waals surface area (Å²) in [6.45, 7) is 0. The molecule has 28 heavy (non-hydrogen) atoms. The second kappa shape index (κ2) is 8.22. The molecule has 4 rings (SSSR count). The molecule has 8 N–H and O–H groups in total. The van der Waals surface area contributed by atoms with Crippen molar-refractivity contribution in [3.05, 3.63) is 84.9 Å². The van der Waals surface area contributed by atoms with Crippen LogP contribution in [0.4, 0.5) is 34.1 Å². The molecule has 0 amide bonds. The van der Waals surface area contributed by atoms with Crippen LogP contribution in [-0.2, 0) is 0 Å². The zero-order valence-corrected chi connectivity index (χ0v) is 15.8. The van der Waals surface area contributed by atoms with E-state index in [1.165, 1.54) is 0 Å². The third-order valence-corrected chi connectivity index (χ3v) is 4.57. The first-order valence-corrected chi connectivity index (χ1v) is 8.93. The number of rotatable bonds is 2. The van der Waals surface area contributed by atoms with Gasteiger partial charge >= 0.3 is 0 Å². The first-order chi connectivity index (χ1) is 13.5. The van der Waals surface area contributed by atoms with Crippen molar-refractivity contribution < 1.29 is 0 Å². The summed E-state index contributed by atoms with van der Waals surface area (Å²) >= 11 is 0. The quantitative estimate of drug-likeness (QED) is 0.385. The SMILES string of the molecule is CN(c1ccc(N)cc1)c1ccc(N)cc1.Nc1ccc2ccccc2c1N. The number of nitrogen functional groups attached to an aromatic ring is 4. The summed E-state index contributed by atoms with van der Waals surface area (Å²) in [6, 6.07) is 27.3. The van der Waals surface area contributed by atoms with Crippen LogP contribution in [0.25, 0.3) is 10.8 Å². The molecule has 5 heteroatoms. The number of hydrogen-bond acceptors (Lipinski definition) is 5. The molecule has 0 heterocycles. The predicted octanol–water partition coefficient (Wildman–Crippen LogP) is 4.62. The highest BCUT2D eigenvalue weighted by atomic mass is 15.1. The van der Waals surface area contributed by atoms with E-state index in [-0.39, 0.29) is 0 Å². The van der Waals surface area contributed by atoms with Crippen LogP contribution in [0.5, 0.6) is 0 Å². The predicted molar refractivity (Wildman–Crippen MR) is 123 cm³/mol. The van der Waals surface area contributed by atoms with E-state index in [1.807, 2.05) is 92.0 Å². The zero-order chi connectivity index (χ0) is 20.1. The normalized spacial score (nSPS) is 10.2. The second-order valence-electron chi connectivity index (χ2n) is 6.53. The fourth-order valence-corrected chi connectivity index (χ4v) is 2.86. The lowest BCUT2D eigenvalue weighted by Crippen LogP contribution is -2.09. The summed E-state index contributed by atoms with van der Waals surface area (Å²) in [6.07, 6.45) is 0. The highest BCUT2D eigenvalue weighted by Crippen LogP contribution is 2.26. The van der Waals surface area contributed by atoms with Crippen molar-refractivity contribution in [2.45, 2.75) is 0 Å². The van der Waals surface area contributed by atoms with Crippen molar-refractivity contribution in [1.82, 2.24) is 0 Å². The largest absolute Gasteiger partial charge is 0.399 e. The van der Waals surface area contributed by atoms with Crippen molar-refractivity contribution >= 4 is 44.9 Å². The van der Waals surface area contributed by atoms with Crippen molar-refractivity contribution in [3.8, 4) is 0 Å². The molecule has 0 radical (unpaired) electrons. The lowest BCUT2D eigenvalue weighted by atomic mass is 10.1. The Kier molecular flexibility index (Phi) is 5.56. The number of fused-ring (bicyclic) bond motifs is 1. The Labute approximate surface area is 165 Å². The van der Waals surface area contributed by atoms with E-state index in [9.17, 15) is 0 Å². The molecular weight excluding hydrogens is 346 g/mol. The molecule has 0 bridgehead atoms. The first kappa shape index (κ1) is 18.9. The standard InChI is InChI=1S/C13H15N3.C10H10N2/c1-16(12-6-2-10(14)3-7-12)13-8-4-11(15)5-9-13;11-9-6-5-7-3-1-2-4-8(7)10(9)12/h2-9H,14-15H2,1H3;1-6H,11-12H2. The van der Waals surface area contributed by atoms with Gasteiger partial charge < -0.3 is 27.8 Å². The monoisotopic (exact) mass is 371 g/mol. The molecule has 0 spiro atoms. The van der Waals surface area contributed by atoms with Gasteiger partial charge in [0.15, 0.2) is 0 Å². The van der Waals surface area contributed by atoms with Crippen molar-refractivity contribution in [2.24, 2.45) is 0 Å². The highest BCUT2D eigenvalue weighted by molar-refractivity contribution is 5.98. The topological polar surface area (TPSA) is 107 Å². The Bertz CT molecular complexity index is 1010. The van der Waals surface area contributed by atoms with Gasteiger partial charge in [0.25, 0.3) is 0 Å². The van der Waals surface area contributed by atoms with E-state index < -0.39 is 0 Å². The molecule has 0 saturated carbocycles.